The minimum absolute atomic E-state index is 0.0990. The van der Waals surface area contributed by atoms with Gasteiger partial charge < -0.3 is 14.4 Å². The Morgan fingerprint density at radius 3 is 3.00 bits per heavy atom. The number of amides is 1. The standard InChI is InChI=1S/C18H21N5O2/c1-12-19-18(25-22-12)15-8-4-5-11-23(15)17(24)10-9-16-20-13-6-2-3-7-14(13)21-16/h2-3,6-7,15H,4-5,8-11H2,1H3,(H,20,21)/t15-/m0/s1. The summed E-state index contributed by atoms with van der Waals surface area (Å²) in [5.74, 6) is 2.11. The van der Waals surface area contributed by atoms with E-state index in [1.54, 1.807) is 6.92 Å². The second-order valence-corrected chi connectivity index (χ2v) is 6.48. The van der Waals surface area contributed by atoms with Crippen molar-refractivity contribution in [3.63, 3.8) is 0 Å². The molecule has 7 nitrogen and oxygen atoms in total. The zero-order valence-corrected chi connectivity index (χ0v) is 14.2. The maximum atomic E-state index is 12.8. The Morgan fingerprint density at radius 1 is 1.32 bits per heavy atom. The number of carbonyl (C=O) groups excluding carboxylic acids is 1. The largest absolute Gasteiger partial charge is 0.342 e. The molecule has 1 aliphatic rings. The van der Waals surface area contributed by atoms with E-state index >= 15 is 0 Å². The maximum absolute atomic E-state index is 12.8. The van der Waals surface area contributed by atoms with Crippen LogP contribution in [-0.2, 0) is 11.2 Å². The van der Waals surface area contributed by atoms with E-state index in [9.17, 15) is 4.79 Å². The van der Waals surface area contributed by atoms with Gasteiger partial charge in [-0.1, -0.05) is 17.3 Å². The molecule has 1 N–H and O–H groups in total. The van der Waals surface area contributed by atoms with Crippen LogP contribution in [0.3, 0.4) is 0 Å². The third kappa shape index (κ3) is 3.26. The summed E-state index contributed by atoms with van der Waals surface area (Å²) in [6.07, 6.45) is 3.97. The Bertz CT molecular complexity index is 851. The quantitative estimate of drug-likeness (QED) is 0.789. The van der Waals surface area contributed by atoms with E-state index in [1.807, 2.05) is 29.2 Å². The molecule has 1 saturated heterocycles. The van der Waals surface area contributed by atoms with Crippen LogP contribution in [0.5, 0.6) is 0 Å². The highest BCUT2D eigenvalue weighted by molar-refractivity contribution is 5.77. The molecule has 1 amide bonds. The molecule has 7 heteroatoms. The number of nitrogens with one attached hydrogen (secondary N) is 1. The molecule has 0 saturated carbocycles. The van der Waals surface area contributed by atoms with Gasteiger partial charge in [0.05, 0.1) is 11.0 Å². The van der Waals surface area contributed by atoms with Crippen molar-refractivity contribution < 1.29 is 9.32 Å². The van der Waals surface area contributed by atoms with E-state index in [1.165, 1.54) is 0 Å². The van der Waals surface area contributed by atoms with Gasteiger partial charge in [0.25, 0.3) is 0 Å². The molecule has 2 aromatic heterocycles. The Balaban J connectivity index is 1.45. The van der Waals surface area contributed by atoms with Crippen LogP contribution in [0.4, 0.5) is 0 Å². The van der Waals surface area contributed by atoms with E-state index < -0.39 is 0 Å². The maximum Gasteiger partial charge on any atom is 0.249 e. The van der Waals surface area contributed by atoms with Crippen LogP contribution in [0.15, 0.2) is 28.8 Å². The number of aromatic nitrogens is 4. The van der Waals surface area contributed by atoms with E-state index in [-0.39, 0.29) is 11.9 Å². The van der Waals surface area contributed by atoms with Crippen molar-refractivity contribution >= 4 is 16.9 Å². The number of carbonyl (C=O) groups is 1. The molecule has 0 aliphatic carbocycles. The third-order valence-corrected chi connectivity index (χ3v) is 4.67. The summed E-state index contributed by atoms with van der Waals surface area (Å²) in [4.78, 5) is 26.8. The number of imidazole rings is 1. The molecule has 0 bridgehead atoms. The van der Waals surface area contributed by atoms with Gasteiger partial charge in [-0.25, -0.2) is 4.98 Å². The molecule has 1 fully saturated rings. The first-order chi connectivity index (χ1) is 12.2. The SMILES string of the molecule is Cc1noc([C@@H]2CCCCN2C(=O)CCc2nc3ccccc3[nH]2)n1. The number of benzene rings is 1. The average Bonchev–Trinajstić information content (AvgIpc) is 3.25. The zero-order valence-electron chi connectivity index (χ0n) is 14.2. The molecular weight excluding hydrogens is 318 g/mol. The van der Waals surface area contributed by atoms with Crippen molar-refractivity contribution in [2.45, 2.75) is 45.1 Å². The first-order valence-corrected chi connectivity index (χ1v) is 8.74. The van der Waals surface area contributed by atoms with E-state index in [4.69, 9.17) is 4.52 Å². The van der Waals surface area contributed by atoms with Crippen LogP contribution in [-0.4, -0.2) is 37.5 Å². The van der Waals surface area contributed by atoms with Gasteiger partial charge in [0.1, 0.15) is 11.9 Å². The van der Waals surface area contributed by atoms with E-state index in [2.05, 4.69) is 20.1 Å². The number of nitrogens with zero attached hydrogens (tertiary/aromatic N) is 4. The van der Waals surface area contributed by atoms with Crippen LogP contribution in [0.25, 0.3) is 11.0 Å². The van der Waals surface area contributed by atoms with E-state index in [0.29, 0.717) is 24.6 Å². The lowest BCUT2D eigenvalue weighted by molar-refractivity contribution is -0.135. The molecule has 3 aromatic rings. The van der Waals surface area contributed by atoms with Crippen molar-refractivity contribution in [1.82, 2.24) is 25.0 Å². The zero-order chi connectivity index (χ0) is 17.2. The number of aromatic amines is 1. The summed E-state index contributed by atoms with van der Waals surface area (Å²) in [5, 5.41) is 3.86. The van der Waals surface area contributed by atoms with Crippen molar-refractivity contribution in [3.05, 3.63) is 41.8 Å². The lowest BCUT2D eigenvalue weighted by atomic mass is 10.0. The topological polar surface area (TPSA) is 87.9 Å². The number of para-hydroxylation sites is 2. The van der Waals surface area contributed by atoms with Gasteiger partial charge in [-0.05, 0) is 38.3 Å². The van der Waals surface area contributed by atoms with E-state index in [0.717, 1.165) is 42.7 Å². The molecular formula is C18H21N5O2. The summed E-state index contributed by atoms with van der Waals surface area (Å²) in [6.45, 7) is 2.54. The van der Waals surface area contributed by atoms with Crippen LogP contribution in [0, 0.1) is 6.92 Å². The van der Waals surface area contributed by atoms with Crippen LogP contribution in [0.2, 0.25) is 0 Å². The Kier molecular flexibility index (Phi) is 4.21. The molecule has 1 atom stereocenters. The van der Waals surface area contributed by atoms with Crippen LogP contribution < -0.4 is 0 Å². The number of H-pyrrole nitrogens is 1. The monoisotopic (exact) mass is 339 g/mol. The predicted molar refractivity (Wildman–Crippen MR) is 91.8 cm³/mol. The summed E-state index contributed by atoms with van der Waals surface area (Å²) < 4.78 is 5.31. The average molecular weight is 339 g/mol. The normalized spacial score (nSPS) is 18.0. The second-order valence-electron chi connectivity index (χ2n) is 6.48. The molecule has 25 heavy (non-hydrogen) atoms. The fourth-order valence-electron chi connectivity index (χ4n) is 3.43. The summed E-state index contributed by atoms with van der Waals surface area (Å²) in [7, 11) is 0. The number of fused-ring (bicyclic) bond motifs is 1. The summed E-state index contributed by atoms with van der Waals surface area (Å²) >= 11 is 0. The van der Waals surface area contributed by atoms with Crippen molar-refractivity contribution in [3.8, 4) is 0 Å². The van der Waals surface area contributed by atoms with Gasteiger partial charge in [-0.15, -0.1) is 0 Å². The molecule has 1 aromatic carbocycles. The van der Waals surface area contributed by atoms with Gasteiger partial charge in [-0.3, -0.25) is 4.79 Å². The predicted octanol–water partition coefficient (Wildman–Crippen LogP) is 2.94. The minimum Gasteiger partial charge on any atom is -0.342 e. The van der Waals surface area contributed by atoms with Gasteiger partial charge in [0.2, 0.25) is 11.8 Å². The molecule has 0 unspecified atom stereocenters. The van der Waals surface area contributed by atoms with Gasteiger partial charge in [0, 0.05) is 19.4 Å². The molecule has 130 valence electrons. The van der Waals surface area contributed by atoms with Crippen molar-refractivity contribution in [2.24, 2.45) is 0 Å². The van der Waals surface area contributed by atoms with Crippen LogP contribution >= 0.6 is 0 Å². The highest BCUT2D eigenvalue weighted by atomic mass is 16.5. The molecule has 3 heterocycles. The molecule has 1 aliphatic heterocycles. The smallest absolute Gasteiger partial charge is 0.249 e. The Morgan fingerprint density at radius 2 is 2.20 bits per heavy atom. The molecule has 0 spiro atoms. The molecule has 4 rings (SSSR count). The number of likely N-dealkylation sites (tertiary alicyclic amines) is 1. The fourth-order valence-corrected chi connectivity index (χ4v) is 3.43. The fraction of sp³-hybridized carbons (Fsp3) is 0.444. The first-order valence-electron chi connectivity index (χ1n) is 8.74. The highest BCUT2D eigenvalue weighted by Crippen LogP contribution is 2.30. The Hall–Kier alpha value is -2.70. The molecule has 0 radical (unpaired) electrons. The number of piperidine rings is 1. The van der Waals surface area contributed by atoms with Crippen molar-refractivity contribution in [1.29, 1.82) is 0 Å². The number of hydrogen-bond donors (Lipinski definition) is 1. The minimum atomic E-state index is -0.0990. The third-order valence-electron chi connectivity index (χ3n) is 4.67. The van der Waals surface area contributed by atoms with Gasteiger partial charge in [-0.2, -0.15) is 4.98 Å². The Labute approximate surface area is 145 Å². The van der Waals surface area contributed by atoms with Crippen molar-refractivity contribution in [2.75, 3.05) is 6.54 Å². The lowest BCUT2D eigenvalue weighted by Gasteiger charge is -2.33. The van der Waals surface area contributed by atoms with Crippen LogP contribution in [0.1, 0.15) is 49.3 Å². The second kappa shape index (κ2) is 6.66. The number of rotatable bonds is 4. The lowest BCUT2D eigenvalue weighted by Crippen LogP contribution is -2.38. The number of hydrogen-bond acceptors (Lipinski definition) is 5. The summed E-state index contributed by atoms with van der Waals surface area (Å²) in [6, 6.07) is 7.79. The highest BCUT2D eigenvalue weighted by Gasteiger charge is 2.31. The van der Waals surface area contributed by atoms with Gasteiger partial charge >= 0.3 is 0 Å². The van der Waals surface area contributed by atoms with Gasteiger partial charge in [0.15, 0.2) is 5.82 Å². The first kappa shape index (κ1) is 15.8. The summed E-state index contributed by atoms with van der Waals surface area (Å²) in [5.41, 5.74) is 1.93. The number of aryl methyl sites for hydroxylation is 2.